The molecule has 21 heavy (non-hydrogen) atoms. The standard InChI is InChI=1S/C13H11N3O5/c1-7-4-3-5-10(16(19)20)11(7)21-13-14-8(2)6-9(15-13)12(17)18/h3-6H,1-2H3,(H,17,18). The quantitative estimate of drug-likeness (QED) is 0.678. The molecule has 0 aliphatic heterocycles. The number of aryl methyl sites for hydroxylation is 2. The number of ether oxygens (including phenoxy) is 1. The van der Waals surface area contributed by atoms with E-state index in [0.717, 1.165) is 0 Å². The Bertz CT molecular complexity index is 730. The molecule has 0 aliphatic rings. The van der Waals surface area contributed by atoms with Gasteiger partial charge in [0.25, 0.3) is 0 Å². The minimum Gasteiger partial charge on any atom is -0.477 e. The molecule has 1 aromatic heterocycles. The highest BCUT2D eigenvalue weighted by molar-refractivity contribution is 5.85. The highest BCUT2D eigenvalue weighted by Gasteiger charge is 2.20. The van der Waals surface area contributed by atoms with E-state index in [1.807, 2.05) is 0 Å². The predicted octanol–water partition coefficient (Wildman–Crippen LogP) is 2.49. The molecule has 1 aromatic carbocycles. The van der Waals surface area contributed by atoms with Crippen LogP contribution in [0.4, 0.5) is 5.69 Å². The van der Waals surface area contributed by atoms with Gasteiger partial charge in [-0.15, -0.1) is 0 Å². The summed E-state index contributed by atoms with van der Waals surface area (Å²) in [7, 11) is 0. The molecule has 0 amide bonds. The lowest BCUT2D eigenvalue weighted by Gasteiger charge is -2.08. The van der Waals surface area contributed by atoms with Crippen molar-refractivity contribution in [3.8, 4) is 11.8 Å². The Morgan fingerprint density at radius 3 is 2.67 bits per heavy atom. The van der Waals surface area contributed by atoms with Gasteiger partial charge in [-0.25, -0.2) is 9.78 Å². The Kier molecular flexibility index (Phi) is 3.79. The number of nitro benzene ring substituents is 1. The van der Waals surface area contributed by atoms with Gasteiger partial charge >= 0.3 is 17.7 Å². The maximum absolute atomic E-state index is 11.0. The molecule has 0 atom stereocenters. The highest BCUT2D eigenvalue weighted by Crippen LogP contribution is 2.33. The van der Waals surface area contributed by atoms with Crippen molar-refractivity contribution in [2.45, 2.75) is 13.8 Å². The zero-order chi connectivity index (χ0) is 15.6. The summed E-state index contributed by atoms with van der Waals surface area (Å²) in [5.74, 6) is -1.24. The summed E-state index contributed by atoms with van der Waals surface area (Å²) < 4.78 is 5.35. The number of nitrogens with zero attached hydrogens (tertiary/aromatic N) is 3. The number of aromatic carboxylic acids is 1. The number of nitro groups is 1. The first-order chi connectivity index (χ1) is 9.88. The Morgan fingerprint density at radius 2 is 2.05 bits per heavy atom. The first-order valence-corrected chi connectivity index (χ1v) is 5.89. The summed E-state index contributed by atoms with van der Waals surface area (Å²) in [5.41, 5.74) is 0.422. The molecule has 0 bridgehead atoms. The van der Waals surface area contributed by atoms with E-state index in [2.05, 4.69) is 9.97 Å². The second-order valence-electron chi connectivity index (χ2n) is 4.26. The summed E-state index contributed by atoms with van der Waals surface area (Å²) in [6.45, 7) is 3.21. The monoisotopic (exact) mass is 289 g/mol. The van der Waals surface area contributed by atoms with Crippen molar-refractivity contribution in [3.05, 3.63) is 51.3 Å². The normalized spacial score (nSPS) is 10.2. The molecule has 2 aromatic rings. The second kappa shape index (κ2) is 5.53. The molecule has 108 valence electrons. The van der Waals surface area contributed by atoms with Crippen molar-refractivity contribution < 1.29 is 19.6 Å². The van der Waals surface area contributed by atoms with E-state index >= 15 is 0 Å². The topological polar surface area (TPSA) is 115 Å². The first-order valence-electron chi connectivity index (χ1n) is 5.89. The van der Waals surface area contributed by atoms with Crippen LogP contribution in [0.2, 0.25) is 0 Å². The number of carboxylic acids is 1. The van der Waals surface area contributed by atoms with Gasteiger partial charge in [0.15, 0.2) is 5.69 Å². The summed E-state index contributed by atoms with van der Waals surface area (Å²) in [5, 5.41) is 19.9. The van der Waals surface area contributed by atoms with E-state index in [-0.39, 0.29) is 23.1 Å². The van der Waals surface area contributed by atoms with Crippen molar-refractivity contribution in [2.75, 3.05) is 0 Å². The Hall–Kier alpha value is -3.03. The average molecular weight is 289 g/mol. The van der Waals surface area contributed by atoms with Gasteiger partial charge in [0.05, 0.1) is 4.92 Å². The smallest absolute Gasteiger partial charge is 0.354 e. The SMILES string of the molecule is Cc1cc(C(=O)O)nc(Oc2c(C)cccc2[N+](=O)[O-])n1. The van der Waals surface area contributed by atoms with Crippen LogP contribution in [0.1, 0.15) is 21.7 Å². The van der Waals surface area contributed by atoms with E-state index in [1.54, 1.807) is 19.9 Å². The molecule has 8 nitrogen and oxygen atoms in total. The zero-order valence-corrected chi connectivity index (χ0v) is 11.2. The summed E-state index contributed by atoms with van der Waals surface area (Å²) >= 11 is 0. The van der Waals surface area contributed by atoms with Crippen LogP contribution in [0, 0.1) is 24.0 Å². The number of aromatic nitrogens is 2. The molecular weight excluding hydrogens is 278 g/mol. The van der Waals surface area contributed by atoms with Crippen LogP contribution in [0.15, 0.2) is 24.3 Å². The van der Waals surface area contributed by atoms with E-state index in [1.165, 1.54) is 18.2 Å². The third-order valence-corrected chi connectivity index (χ3v) is 2.63. The third-order valence-electron chi connectivity index (χ3n) is 2.63. The number of hydrogen-bond donors (Lipinski definition) is 1. The van der Waals surface area contributed by atoms with Crippen molar-refractivity contribution in [1.29, 1.82) is 0 Å². The van der Waals surface area contributed by atoms with Crippen LogP contribution >= 0.6 is 0 Å². The van der Waals surface area contributed by atoms with Crippen molar-refractivity contribution >= 4 is 11.7 Å². The molecule has 0 spiro atoms. The van der Waals surface area contributed by atoms with Crippen LogP contribution in [0.25, 0.3) is 0 Å². The molecule has 0 unspecified atom stereocenters. The average Bonchev–Trinajstić information content (AvgIpc) is 2.40. The largest absolute Gasteiger partial charge is 0.477 e. The van der Waals surface area contributed by atoms with Gasteiger partial charge in [0.1, 0.15) is 0 Å². The Morgan fingerprint density at radius 1 is 1.33 bits per heavy atom. The van der Waals surface area contributed by atoms with Crippen LogP contribution in [-0.4, -0.2) is 26.0 Å². The van der Waals surface area contributed by atoms with Crippen LogP contribution in [0.5, 0.6) is 11.8 Å². The van der Waals surface area contributed by atoms with Crippen molar-refractivity contribution in [2.24, 2.45) is 0 Å². The van der Waals surface area contributed by atoms with E-state index in [9.17, 15) is 14.9 Å². The molecule has 0 saturated carbocycles. The van der Waals surface area contributed by atoms with E-state index < -0.39 is 10.9 Å². The van der Waals surface area contributed by atoms with Gasteiger partial charge < -0.3 is 9.84 Å². The lowest BCUT2D eigenvalue weighted by Crippen LogP contribution is -2.05. The number of carboxylic acid groups (broad SMARTS) is 1. The van der Waals surface area contributed by atoms with Gasteiger partial charge in [-0.05, 0) is 25.5 Å². The Labute approximate surface area is 119 Å². The molecule has 8 heteroatoms. The molecule has 1 N–H and O–H groups in total. The number of rotatable bonds is 4. The van der Waals surface area contributed by atoms with Crippen LogP contribution < -0.4 is 4.74 Å². The molecule has 0 fully saturated rings. The third kappa shape index (κ3) is 3.11. The number of carbonyl (C=O) groups is 1. The lowest BCUT2D eigenvalue weighted by atomic mass is 10.2. The van der Waals surface area contributed by atoms with Gasteiger partial charge in [-0.3, -0.25) is 10.1 Å². The second-order valence-corrected chi connectivity index (χ2v) is 4.26. The Balaban J connectivity index is 2.48. The maximum Gasteiger partial charge on any atom is 0.354 e. The fourth-order valence-corrected chi connectivity index (χ4v) is 1.70. The van der Waals surface area contributed by atoms with Gasteiger partial charge in [-0.2, -0.15) is 4.98 Å². The molecular formula is C13H11N3O5. The summed E-state index contributed by atoms with van der Waals surface area (Å²) in [6, 6.07) is 5.48. The van der Waals surface area contributed by atoms with Gasteiger partial charge in [0.2, 0.25) is 5.75 Å². The van der Waals surface area contributed by atoms with Crippen LogP contribution in [0.3, 0.4) is 0 Å². The van der Waals surface area contributed by atoms with Crippen LogP contribution in [-0.2, 0) is 0 Å². The lowest BCUT2D eigenvalue weighted by molar-refractivity contribution is -0.385. The number of para-hydroxylation sites is 1. The maximum atomic E-state index is 11.0. The number of benzene rings is 1. The summed E-state index contributed by atoms with van der Waals surface area (Å²) in [6.07, 6.45) is 0. The fourth-order valence-electron chi connectivity index (χ4n) is 1.70. The van der Waals surface area contributed by atoms with E-state index in [4.69, 9.17) is 9.84 Å². The van der Waals surface area contributed by atoms with Crippen molar-refractivity contribution in [1.82, 2.24) is 9.97 Å². The van der Waals surface area contributed by atoms with E-state index in [0.29, 0.717) is 11.3 Å². The number of hydrogen-bond acceptors (Lipinski definition) is 6. The summed E-state index contributed by atoms with van der Waals surface area (Å²) in [4.78, 5) is 29.0. The molecule has 0 radical (unpaired) electrons. The van der Waals surface area contributed by atoms with Gasteiger partial charge in [0, 0.05) is 11.8 Å². The first kappa shape index (κ1) is 14.4. The van der Waals surface area contributed by atoms with Crippen molar-refractivity contribution in [3.63, 3.8) is 0 Å². The minimum absolute atomic E-state index is 0.00978. The fraction of sp³-hybridized carbons (Fsp3) is 0.154. The highest BCUT2D eigenvalue weighted by atomic mass is 16.6. The molecule has 0 saturated heterocycles. The predicted molar refractivity (Wildman–Crippen MR) is 71.6 cm³/mol. The minimum atomic E-state index is -1.23. The molecule has 1 heterocycles. The zero-order valence-electron chi connectivity index (χ0n) is 11.2. The molecule has 0 aliphatic carbocycles. The molecule has 2 rings (SSSR count). The van der Waals surface area contributed by atoms with Gasteiger partial charge in [-0.1, -0.05) is 12.1 Å².